The van der Waals surface area contributed by atoms with E-state index in [1.165, 1.54) is 12.1 Å². The smallest absolute Gasteiger partial charge is 0.175 e. The number of aliphatic hydroxyl groups excluding tert-OH is 1. The Bertz CT molecular complexity index is 693. The van der Waals surface area contributed by atoms with E-state index in [4.69, 9.17) is 0 Å². The number of hydrogen-bond acceptors (Lipinski definition) is 5. The van der Waals surface area contributed by atoms with Crippen LogP contribution in [0.2, 0.25) is 0 Å². The first kappa shape index (κ1) is 15.7. The maximum absolute atomic E-state index is 11.4. The van der Waals surface area contributed by atoms with Crippen molar-refractivity contribution < 1.29 is 13.5 Å². The monoisotopic (exact) mass is 309 g/mol. The lowest BCUT2D eigenvalue weighted by Gasteiger charge is -2.12. The van der Waals surface area contributed by atoms with Gasteiger partial charge in [-0.25, -0.2) is 8.42 Å². The summed E-state index contributed by atoms with van der Waals surface area (Å²) >= 11 is 0. The van der Waals surface area contributed by atoms with Crippen LogP contribution < -0.4 is 5.32 Å². The second kappa shape index (κ2) is 6.38. The van der Waals surface area contributed by atoms with E-state index in [2.05, 4.69) is 10.4 Å². The average molecular weight is 309 g/mol. The Balaban J connectivity index is 1.89. The summed E-state index contributed by atoms with van der Waals surface area (Å²) in [6.07, 6.45) is 2.33. The van der Waals surface area contributed by atoms with Gasteiger partial charge in [0.05, 0.1) is 16.7 Å². The fraction of sp³-hybridized carbons (Fsp3) is 0.357. The molecule has 21 heavy (non-hydrogen) atoms. The zero-order valence-corrected chi connectivity index (χ0v) is 12.8. The number of rotatable bonds is 6. The molecule has 1 heterocycles. The number of nitrogens with zero attached hydrogens (tertiary/aromatic N) is 2. The van der Waals surface area contributed by atoms with Crippen molar-refractivity contribution in [1.82, 2.24) is 15.1 Å². The topological polar surface area (TPSA) is 84.2 Å². The van der Waals surface area contributed by atoms with Crippen LogP contribution in [0.15, 0.2) is 41.4 Å². The largest absolute Gasteiger partial charge is 0.387 e. The summed E-state index contributed by atoms with van der Waals surface area (Å²) in [5, 5.41) is 17.4. The van der Waals surface area contributed by atoms with Gasteiger partial charge in [-0.1, -0.05) is 12.1 Å². The van der Waals surface area contributed by atoms with E-state index in [9.17, 15) is 13.5 Å². The molecule has 114 valence electrons. The van der Waals surface area contributed by atoms with E-state index in [0.717, 1.165) is 11.9 Å². The minimum atomic E-state index is -3.20. The standard InChI is InChI=1S/C14H19N3O3S/c1-17-8-7-12(16-17)9-15-10-14(18)11-3-5-13(6-4-11)21(2,19)20/h3-8,14-15,18H,9-10H2,1-2H3. The highest BCUT2D eigenvalue weighted by atomic mass is 32.2. The molecule has 0 amide bonds. The van der Waals surface area contributed by atoms with Crippen LogP contribution in [0.5, 0.6) is 0 Å². The number of aliphatic hydroxyl groups is 1. The van der Waals surface area contributed by atoms with Gasteiger partial charge >= 0.3 is 0 Å². The molecule has 1 aromatic carbocycles. The maximum atomic E-state index is 11.4. The summed E-state index contributed by atoms with van der Waals surface area (Å²) in [6.45, 7) is 0.939. The molecule has 0 aliphatic carbocycles. The molecule has 1 aromatic heterocycles. The SMILES string of the molecule is Cn1ccc(CNCC(O)c2ccc(S(C)(=O)=O)cc2)n1. The van der Waals surface area contributed by atoms with Crippen molar-refractivity contribution in [3.63, 3.8) is 0 Å². The van der Waals surface area contributed by atoms with Crippen molar-refractivity contribution in [3.05, 3.63) is 47.8 Å². The van der Waals surface area contributed by atoms with Gasteiger partial charge in [0.2, 0.25) is 0 Å². The van der Waals surface area contributed by atoms with Gasteiger partial charge in [-0.3, -0.25) is 4.68 Å². The molecular weight excluding hydrogens is 290 g/mol. The van der Waals surface area contributed by atoms with Gasteiger partial charge in [0.25, 0.3) is 0 Å². The molecule has 0 aliphatic rings. The zero-order chi connectivity index (χ0) is 15.5. The predicted molar refractivity (Wildman–Crippen MR) is 79.4 cm³/mol. The molecule has 6 nitrogen and oxygen atoms in total. The van der Waals surface area contributed by atoms with Crippen LogP contribution in [0, 0.1) is 0 Å². The van der Waals surface area contributed by atoms with Gasteiger partial charge in [0.1, 0.15) is 0 Å². The van der Waals surface area contributed by atoms with Crippen LogP contribution >= 0.6 is 0 Å². The predicted octanol–water partition coefficient (Wildman–Crippen LogP) is 0.647. The number of aryl methyl sites for hydroxylation is 1. The van der Waals surface area contributed by atoms with Crippen molar-refractivity contribution >= 4 is 9.84 Å². The number of benzene rings is 1. The van der Waals surface area contributed by atoms with Crippen LogP contribution in [-0.2, 0) is 23.4 Å². The maximum Gasteiger partial charge on any atom is 0.175 e. The first-order valence-corrected chi connectivity index (χ1v) is 8.43. The molecule has 2 aromatic rings. The quantitative estimate of drug-likeness (QED) is 0.818. The zero-order valence-electron chi connectivity index (χ0n) is 12.0. The van der Waals surface area contributed by atoms with Gasteiger partial charge in [0, 0.05) is 32.6 Å². The summed E-state index contributed by atoms with van der Waals surface area (Å²) in [4.78, 5) is 0.250. The summed E-state index contributed by atoms with van der Waals surface area (Å²) in [7, 11) is -1.35. The highest BCUT2D eigenvalue weighted by Crippen LogP contribution is 2.16. The summed E-state index contributed by atoms with van der Waals surface area (Å²) in [5.74, 6) is 0. The number of nitrogens with one attached hydrogen (secondary N) is 1. The number of sulfone groups is 1. The Kier molecular flexibility index (Phi) is 4.76. The van der Waals surface area contributed by atoms with E-state index in [0.29, 0.717) is 18.7 Å². The Labute approximate surface area is 124 Å². The Hall–Kier alpha value is -1.70. The van der Waals surface area contributed by atoms with E-state index in [-0.39, 0.29) is 4.90 Å². The van der Waals surface area contributed by atoms with Crippen molar-refractivity contribution in [2.75, 3.05) is 12.8 Å². The molecular formula is C14H19N3O3S. The molecule has 0 saturated carbocycles. The Morgan fingerprint density at radius 3 is 2.48 bits per heavy atom. The lowest BCUT2D eigenvalue weighted by Crippen LogP contribution is -2.21. The molecule has 0 radical (unpaired) electrons. The highest BCUT2D eigenvalue weighted by Gasteiger charge is 2.10. The molecule has 7 heteroatoms. The van der Waals surface area contributed by atoms with Crippen LogP contribution in [0.3, 0.4) is 0 Å². The molecule has 0 aliphatic heterocycles. The van der Waals surface area contributed by atoms with Crippen LogP contribution in [-0.4, -0.2) is 36.1 Å². The highest BCUT2D eigenvalue weighted by molar-refractivity contribution is 7.90. The molecule has 1 unspecified atom stereocenters. The fourth-order valence-corrected chi connectivity index (χ4v) is 2.58. The van der Waals surface area contributed by atoms with Crippen LogP contribution in [0.1, 0.15) is 17.4 Å². The lowest BCUT2D eigenvalue weighted by molar-refractivity contribution is 0.174. The summed E-state index contributed by atoms with van der Waals surface area (Å²) < 4.78 is 24.4. The van der Waals surface area contributed by atoms with E-state index in [1.807, 2.05) is 19.3 Å². The third-order valence-electron chi connectivity index (χ3n) is 3.11. The van der Waals surface area contributed by atoms with Gasteiger partial charge in [-0.2, -0.15) is 5.10 Å². The lowest BCUT2D eigenvalue weighted by atomic mass is 10.1. The normalized spacial score (nSPS) is 13.3. The fourth-order valence-electron chi connectivity index (χ4n) is 1.95. The van der Waals surface area contributed by atoms with Gasteiger partial charge in [0.15, 0.2) is 9.84 Å². The van der Waals surface area contributed by atoms with Gasteiger partial charge in [-0.15, -0.1) is 0 Å². The third kappa shape index (κ3) is 4.38. The molecule has 2 rings (SSSR count). The molecule has 0 saturated heterocycles. The van der Waals surface area contributed by atoms with Crippen molar-refractivity contribution in [1.29, 1.82) is 0 Å². The van der Waals surface area contributed by atoms with Gasteiger partial charge < -0.3 is 10.4 Å². The van der Waals surface area contributed by atoms with E-state index >= 15 is 0 Å². The van der Waals surface area contributed by atoms with E-state index < -0.39 is 15.9 Å². The molecule has 0 spiro atoms. The first-order chi connectivity index (χ1) is 9.86. The van der Waals surface area contributed by atoms with Crippen molar-refractivity contribution in [3.8, 4) is 0 Å². The summed E-state index contributed by atoms with van der Waals surface area (Å²) in [5.41, 5.74) is 1.58. The van der Waals surface area contributed by atoms with Crippen molar-refractivity contribution in [2.24, 2.45) is 7.05 Å². The van der Waals surface area contributed by atoms with Crippen LogP contribution in [0.4, 0.5) is 0 Å². The van der Waals surface area contributed by atoms with Crippen LogP contribution in [0.25, 0.3) is 0 Å². The first-order valence-electron chi connectivity index (χ1n) is 6.53. The second-order valence-electron chi connectivity index (χ2n) is 4.97. The molecule has 2 N–H and O–H groups in total. The van der Waals surface area contributed by atoms with Gasteiger partial charge in [-0.05, 0) is 23.8 Å². The Morgan fingerprint density at radius 2 is 1.95 bits per heavy atom. The summed E-state index contributed by atoms with van der Waals surface area (Å²) in [6, 6.07) is 8.17. The Morgan fingerprint density at radius 1 is 1.29 bits per heavy atom. The average Bonchev–Trinajstić information content (AvgIpc) is 2.83. The minimum Gasteiger partial charge on any atom is -0.387 e. The van der Waals surface area contributed by atoms with Crippen molar-refractivity contribution in [2.45, 2.75) is 17.5 Å². The number of hydrogen-bond donors (Lipinski definition) is 2. The van der Waals surface area contributed by atoms with E-state index in [1.54, 1.807) is 16.8 Å². The second-order valence-corrected chi connectivity index (χ2v) is 6.98. The minimum absolute atomic E-state index is 0.250. The molecule has 0 fully saturated rings. The molecule has 1 atom stereocenters. The molecule has 0 bridgehead atoms. The number of aromatic nitrogens is 2. The third-order valence-corrected chi connectivity index (χ3v) is 4.23.